The number of nitrogens with one attached hydrogen (secondary N) is 1. The van der Waals surface area contributed by atoms with Crippen molar-refractivity contribution in [2.45, 2.75) is 44.0 Å². The van der Waals surface area contributed by atoms with Crippen LogP contribution in [0.1, 0.15) is 31.7 Å². The Bertz CT molecular complexity index is 522. The fourth-order valence-corrected chi connectivity index (χ4v) is 2.84. The number of unbranched alkanes of at least 4 members (excludes halogenated alkanes) is 1. The number of rotatable bonds is 7. The van der Waals surface area contributed by atoms with E-state index in [1.165, 1.54) is 12.1 Å². The first kappa shape index (κ1) is 15.7. The second kappa shape index (κ2) is 6.68. The van der Waals surface area contributed by atoms with Gasteiger partial charge in [0.2, 0.25) is 10.0 Å². The lowest BCUT2D eigenvalue weighted by Crippen LogP contribution is -2.40. The molecule has 19 heavy (non-hydrogen) atoms. The molecule has 0 spiro atoms. The van der Waals surface area contributed by atoms with Crippen molar-refractivity contribution in [2.75, 3.05) is 0 Å². The number of aliphatic carboxylic acids is 1. The molecule has 0 radical (unpaired) electrons. The third kappa shape index (κ3) is 4.65. The molecule has 106 valence electrons. The molecule has 1 atom stereocenters. The lowest BCUT2D eigenvalue weighted by atomic mass is 10.1. The maximum Gasteiger partial charge on any atom is 0.321 e. The lowest BCUT2D eigenvalue weighted by Gasteiger charge is -2.14. The molecule has 2 N–H and O–H groups in total. The number of sulfonamides is 1. The second-order valence-electron chi connectivity index (χ2n) is 4.47. The summed E-state index contributed by atoms with van der Waals surface area (Å²) in [7, 11) is -3.78. The Morgan fingerprint density at radius 2 is 1.89 bits per heavy atom. The molecule has 5 nitrogen and oxygen atoms in total. The van der Waals surface area contributed by atoms with Gasteiger partial charge < -0.3 is 5.11 Å². The molecule has 1 unspecified atom stereocenters. The minimum absolute atomic E-state index is 0.0841. The van der Waals surface area contributed by atoms with Crippen LogP contribution in [-0.4, -0.2) is 25.5 Å². The Kier molecular flexibility index (Phi) is 5.50. The third-order valence-corrected chi connectivity index (χ3v) is 4.26. The van der Waals surface area contributed by atoms with E-state index in [0.29, 0.717) is 6.42 Å². The SMILES string of the molecule is CCCCC(NS(=O)(=O)c1ccc(C)cc1)C(=O)O. The molecule has 1 aromatic rings. The summed E-state index contributed by atoms with van der Waals surface area (Å²) >= 11 is 0. The van der Waals surface area contributed by atoms with E-state index in [1.54, 1.807) is 12.1 Å². The van der Waals surface area contributed by atoms with Crippen molar-refractivity contribution < 1.29 is 18.3 Å². The van der Waals surface area contributed by atoms with Gasteiger partial charge in [0.25, 0.3) is 0 Å². The Labute approximate surface area is 113 Å². The van der Waals surface area contributed by atoms with Crippen LogP contribution in [0.15, 0.2) is 29.2 Å². The molecule has 0 amide bonds. The van der Waals surface area contributed by atoms with Gasteiger partial charge in [0.1, 0.15) is 6.04 Å². The molecule has 0 aliphatic rings. The fraction of sp³-hybridized carbons (Fsp3) is 0.462. The van der Waals surface area contributed by atoms with Gasteiger partial charge in [0.15, 0.2) is 0 Å². The molecular formula is C13H19NO4S. The standard InChI is InChI=1S/C13H19NO4S/c1-3-4-5-12(13(15)16)14-19(17,18)11-8-6-10(2)7-9-11/h6-9,12,14H,3-5H2,1-2H3,(H,15,16). The highest BCUT2D eigenvalue weighted by Gasteiger charge is 2.24. The van der Waals surface area contributed by atoms with Crippen molar-refractivity contribution in [2.24, 2.45) is 0 Å². The van der Waals surface area contributed by atoms with Gasteiger partial charge in [-0.25, -0.2) is 8.42 Å². The van der Waals surface area contributed by atoms with Gasteiger partial charge in [0.05, 0.1) is 4.90 Å². The minimum Gasteiger partial charge on any atom is -0.480 e. The molecule has 0 fully saturated rings. The summed E-state index contributed by atoms with van der Waals surface area (Å²) in [6.45, 7) is 3.78. The van der Waals surface area contributed by atoms with E-state index in [0.717, 1.165) is 12.0 Å². The molecule has 0 saturated carbocycles. The molecular weight excluding hydrogens is 266 g/mol. The van der Waals surface area contributed by atoms with E-state index in [1.807, 2.05) is 13.8 Å². The molecule has 0 aromatic heterocycles. The maximum absolute atomic E-state index is 12.0. The van der Waals surface area contributed by atoms with Crippen molar-refractivity contribution in [3.63, 3.8) is 0 Å². The summed E-state index contributed by atoms with van der Waals surface area (Å²) < 4.78 is 26.3. The number of carboxylic acids is 1. The molecule has 0 saturated heterocycles. The molecule has 0 heterocycles. The first-order valence-electron chi connectivity index (χ1n) is 6.18. The zero-order chi connectivity index (χ0) is 14.5. The number of hydrogen-bond acceptors (Lipinski definition) is 3. The van der Waals surface area contributed by atoms with Crippen LogP contribution in [0.3, 0.4) is 0 Å². The van der Waals surface area contributed by atoms with Gasteiger partial charge in [0, 0.05) is 0 Å². The van der Waals surface area contributed by atoms with Crippen LogP contribution in [0.25, 0.3) is 0 Å². The summed E-state index contributed by atoms with van der Waals surface area (Å²) in [6, 6.07) is 5.21. The minimum atomic E-state index is -3.78. The van der Waals surface area contributed by atoms with Gasteiger partial charge in [-0.1, -0.05) is 37.5 Å². The van der Waals surface area contributed by atoms with Crippen LogP contribution in [-0.2, 0) is 14.8 Å². The zero-order valence-corrected chi connectivity index (χ0v) is 11.9. The Morgan fingerprint density at radius 3 is 2.37 bits per heavy atom. The van der Waals surface area contributed by atoms with Gasteiger partial charge >= 0.3 is 5.97 Å². The molecule has 1 rings (SSSR count). The number of benzene rings is 1. The normalized spacial score (nSPS) is 13.2. The Morgan fingerprint density at radius 1 is 1.32 bits per heavy atom. The highest BCUT2D eigenvalue weighted by Crippen LogP contribution is 2.12. The van der Waals surface area contributed by atoms with Crippen LogP contribution in [0, 0.1) is 6.92 Å². The van der Waals surface area contributed by atoms with E-state index in [2.05, 4.69) is 4.72 Å². The van der Waals surface area contributed by atoms with E-state index in [9.17, 15) is 13.2 Å². The summed E-state index contributed by atoms with van der Waals surface area (Å²) in [5.74, 6) is -1.15. The van der Waals surface area contributed by atoms with Crippen LogP contribution in [0.5, 0.6) is 0 Å². The van der Waals surface area contributed by atoms with Crippen molar-refractivity contribution in [1.82, 2.24) is 4.72 Å². The average molecular weight is 285 g/mol. The predicted molar refractivity (Wildman–Crippen MR) is 72.4 cm³/mol. The van der Waals surface area contributed by atoms with Crippen LogP contribution in [0.4, 0.5) is 0 Å². The van der Waals surface area contributed by atoms with Gasteiger partial charge in [-0.2, -0.15) is 4.72 Å². The maximum atomic E-state index is 12.0. The highest BCUT2D eigenvalue weighted by molar-refractivity contribution is 7.89. The average Bonchev–Trinajstić information content (AvgIpc) is 2.34. The third-order valence-electron chi connectivity index (χ3n) is 2.77. The Hall–Kier alpha value is -1.40. The summed E-state index contributed by atoms with van der Waals surface area (Å²) in [5.41, 5.74) is 0.944. The van der Waals surface area contributed by atoms with Gasteiger partial charge in [-0.3, -0.25) is 4.79 Å². The molecule has 0 bridgehead atoms. The van der Waals surface area contributed by atoms with Crippen molar-refractivity contribution in [3.8, 4) is 0 Å². The first-order chi connectivity index (χ1) is 8.86. The van der Waals surface area contributed by atoms with Crippen LogP contribution < -0.4 is 4.72 Å². The molecule has 6 heteroatoms. The second-order valence-corrected chi connectivity index (χ2v) is 6.18. The number of hydrogen-bond donors (Lipinski definition) is 2. The molecule has 0 aliphatic carbocycles. The van der Waals surface area contributed by atoms with E-state index < -0.39 is 22.0 Å². The monoisotopic (exact) mass is 285 g/mol. The largest absolute Gasteiger partial charge is 0.480 e. The van der Waals surface area contributed by atoms with Gasteiger partial charge in [-0.15, -0.1) is 0 Å². The highest BCUT2D eigenvalue weighted by atomic mass is 32.2. The lowest BCUT2D eigenvalue weighted by molar-refractivity contribution is -0.139. The summed E-state index contributed by atoms with van der Waals surface area (Å²) in [5, 5.41) is 9.03. The van der Waals surface area contributed by atoms with E-state index in [-0.39, 0.29) is 11.3 Å². The van der Waals surface area contributed by atoms with Crippen molar-refractivity contribution in [1.29, 1.82) is 0 Å². The summed E-state index contributed by atoms with van der Waals surface area (Å²) in [6.07, 6.45) is 1.76. The van der Waals surface area contributed by atoms with Crippen LogP contribution in [0.2, 0.25) is 0 Å². The molecule has 0 aliphatic heterocycles. The van der Waals surface area contributed by atoms with Crippen molar-refractivity contribution in [3.05, 3.63) is 29.8 Å². The van der Waals surface area contributed by atoms with E-state index >= 15 is 0 Å². The fourth-order valence-electron chi connectivity index (χ4n) is 1.61. The zero-order valence-electron chi connectivity index (χ0n) is 11.1. The number of aryl methyl sites for hydroxylation is 1. The molecule has 1 aromatic carbocycles. The topological polar surface area (TPSA) is 83.5 Å². The first-order valence-corrected chi connectivity index (χ1v) is 7.67. The Balaban J connectivity index is 2.87. The number of carbonyl (C=O) groups is 1. The number of carboxylic acid groups (broad SMARTS) is 1. The van der Waals surface area contributed by atoms with Gasteiger partial charge in [-0.05, 0) is 25.5 Å². The van der Waals surface area contributed by atoms with Crippen molar-refractivity contribution >= 4 is 16.0 Å². The van der Waals surface area contributed by atoms with Crippen LogP contribution >= 0.6 is 0 Å². The van der Waals surface area contributed by atoms with E-state index in [4.69, 9.17) is 5.11 Å². The summed E-state index contributed by atoms with van der Waals surface area (Å²) in [4.78, 5) is 11.1. The quantitative estimate of drug-likeness (QED) is 0.801. The predicted octanol–water partition coefficient (Wildman–Crippen LogP) is 1.92. The smallest absolute Gasteiger partial charge is 0.321 e.